The quantitative estimate of drug-likeness (QED) is 0.408. The molecule has 0 saturated heterocycles. The number of hydrogen-bond acceptors (Lipinski definition) is 3. The molecule has 0 heterocycles. The number of carboxylic acids is 2. The van der Waals surface area contributed by atoms with Crippen LogP contribution in [0.3, 0.4) is 0 Å². The van der Waals surface area contributed by atoms with Crippen LogP contribution in [0.25, 0.3) is 0 Å². The summed E-state index contributed by atoms with van der Waals surface area (Å²) in [6.45, 7) is 5.13. The van der Waals surface area contributed by atoms with E-state index in [0.717, 1.165) is 0 Å². The first-order valence-electron chi connectivity index (χ1n) is 4.11. The van der Waals surface area contributed by atoms with Crippen LogP contribution in [0.4, 0.5) is 0 Å². The lowest BCUT2D eigenvalue weighted by Crippen LogP contribution is -2.02. The SMILES string of the molecule is CC(N)I.CCC(=O)O.CCC(=O)O. The zero-order valence-electron chi connectivity index (χ0n) is 8.66. The molecule has 0 amide bonds. The summed E-state index contributed by atoms with van der Waals surface area (Å²) in [6.07, 6.45) is 0.444. The Morgan fingerprint density at radius 3 is 1.29 bits per heavy atom. The van der Waals surface area contributed by atoms with Gasteiger partial charge in [-0.05, 0) is 6.92 Å². The maximum Gasteiger partial charge on any atom is 0.303 e. The van der Waals surface area contributed by atoms with Crippen molar-refractivity contribution >= 4 is 34.5 Å². The van der Waals surface area contributed by atoms with E-state index in [4.69, 9.17) is 15.9 Å². The van der Waals surface area contributed by atoms with Crippen molar-refractivity contribution in [2.45, 2.75) is 37.7 Å². The molecule has 0 aromatic heterocycles. The molecule has 0 aliphatic heterocycles. The Morgan fingerprint density at radius 2 is 1.29 bits per heavy atom. The molecule has 86 valence electrons. The fourth-order valence-corrected chi connectivity index (χ4v) is 0. The van der Waals surface area contributed by atoms with Crippen LogP contribution in [-0.4, -0.2) is 26.2 Å². The second-order valence-corrected chi connectivity index (χ2v) is 4.14. The van der Waals surface area contributed by atoms with Gasteiger partial charge in [0.2, 0.25) is 0 Å². The number of hydrogen-bond donors (Lipinski definition) is 3. The van der Waals surface area contributed by atoms with E-state index < -0.39 is 11.9 Å². The molecule has 0 bridgehead atoms. The predicted molar refractivity (Wildman–Crippen MR) is 63.5 cm³/mol. The molecule has 0 saturated carbocycles. The average Bonchev–Trinajstić information content (AvgIpc) is 2.04. The van der Waals surface area contributed by atoms with E-state index in [-0.39, 0.29) is 12.8 Å². The molecule has 0 radical (unpaired) electrons. The van der Waals surface area contributed by atoms with Gasteiger partial charge in [0.1, 0.15) is 0 Å². The van der Waals surface area contributed by atoms with Gasteiger partial charge in [-0.25, -0.2) is 0 Å². The summed E-state index contributed by atoms with van der Waals surface area (Å²) in [5, 5.41) is 15.4. The fraction of sp³-hybridized carbons (Fsp3) is 0.750. The Labute approximate surface area is 97.8 Å². The van der Waals surface area contributed by atoms with E-state index >= 15 is 0 Å². The van der Waals surface area contributed by atoms with Crippen LogP contribution in [0.1, 0.15) is 33.6 Å². The predicted octanol–water partition coefficient (Wildman–Crippen LogP) is 1.69. The van der Waals surface area contributed by atoms with Gasteiger partial charge in [0.05, 0.1) is 4.05 Å². The van der Waals surface area contributed by atoms with Crippen molar-refractivity contribution in [3.8, 4) is 0 Å². The molecule has 0 rings (SSSR count). The molecule has 6 heteroatoms. The second kappa shape index (κ2) is 15.1. The summed E-state index contributed by atoms with van der Waals surface area (Å²) >= 11 is 2.12. The normalized spacial score (nSPS) is 9.79. The molecule has 0 spiro atoms. The summed E-state index contributed by atoms with van der Waals surface area (Å²) < 4.78 is 0.303. The van der Waals surface area contributed by atoms with Crippen LogP contribution in [0.5, 0.6) is 0 Å². The maximum absolute atomic E-state index is 9.37. The van der Waals surface area contributed by atoms with Crippen molar-refractivity contribution in [1.29, 1.82) is 0 Å². The highest BCUT2D eigenvalue weighted by Gasteiger charge is 1.81. The van der Waals surface area contributed by atoms with Gasteiger partial charge in [-0.15, -0.1) is 0 Å². The van der Waals surface area contributed by atoms with Crippen LogP contribution < -0.4 is 5.73 Å². The Hall–Kier alpha value is -0.370. The lowest BCUT2D eigenvalue weighted by Gasteiger charge is -1.78. The summed E-state index contributed by atoms with van der Waals surface area (Å²) in [5.74, 6) is -1.49. The lowest BCUT2D eigenvalue weighted by molar-refractivity contribution is -0.137. The van der Waals surface area contributed by atoms with E-state index in [1.807, 2.05) is 6.92 Å². The van der Waals surface area contributed by atoms with Crippen LogP contribution in [0, 0.1) is 0 Å². The molecular formula is C8H18INO4. The minimum atomic E-state index is -0.745. The van der Waals surface area contributed by atoms with Gasteiger partial charge < -0.3 is 15.9 Å². The third-order valence-corrected chi connectivity index (χ3v) is 0.605. The van der Waals surface area contributed by atoms with Crippen LogP contribution >= 0.6 is 22.6 Å². The van der Waals surface area contributed by atoms with Crippen LogP contribution in [0.15, 0.2) is 0 Å². The molecular weight excluding hydrogens is 301 g/mol. The third-order valence-electron chi connectivity index (χ3n) is 0.605. The van der Waals surface area contributed by atoms with Gasteiger partial charge in [-0.3, -0.25) is 9.59 Å². The number of carboxylic acid groups (broad SMARTS) is 2. The standard InChI is InChI=1S/2C3H6O2.C2H6IN/c2*1-2-3(4)5;1-2(3)4/h2*2H2,1H3,(H,4,5);2H,4H2,1H3. The molecule has 1 atom stereocenters. The molecule has 5 nitrogen and oxygen atoms in total. The van der Waals surface area contributed by atoms with Crippen molar-refractivity contribution < 1.29 is 19.8 Å². The first-order chi connectivity index (χ1) is 6.27. The minimum absolute atomic E-state index is 0.222. The fourth-order valence-electron chi connectivity index (χ4n) is 0. The molecule has 0 aromatic rings. The number of nitrogens with two attached hydrogens (primary N) is 1. The van der Waals surface area contributed by atoms with Gasteiger partial charge >= 0.3 is 11.9 Å². The summed E-state index contributed by atoms with van der Waals surface area (Å²) in [4.78, 5) is 18.7. The molecule has 0 aliphatic rings. The Kier molecular flexibility index (Phi) is 20.8. The summed E-state index contributed by atoms with van der Waals surface area (Å²) in [7, 11) is 0. The number of rotatable bonds is 2. The molecule has 14 heavy (non-hydrogen) atoms. The Balaban J connectivity index is -0.000000131. The smallest absolute Gasteiger partial charge is 0.303 e. The lowest BCUT2D eigenvalue weighted by atomic mass is 10.5. The maximum atomic E-state index is 9.37. The molecule has 0 fully saturated rings. The van der Waals surface area contributed by atoms with Crippen molar-refractivity contribution in [3.63, 3.8) is 0 Å². The van der Waals surface area contributed by atoms with E-state index in [2.05, 4.69) is 22.6 Å². The average molecular weight is 319 g/mol. The van der Waals surface area contributed by atoms with Crippen molar-refractivity contribution in [3.05, 3.63) is 0 Å². The zero-order chi connectivity index (χ0) is 12.1. The second-order valence-electron chi connectivity index (χ2n) is 2.17. The highest BCUT2D eigenvalue weighted by atomic mass is 127. The molecule has 1 unspecified atom stereocenters. The van der Waals surface area contributed by atoms with Gasteiger partial charge in [0.25, 0.3) is 0 Å². The number of alkyl halides is 1. The van der Waals surface area contributed by atoms with Gasteiger partial charge in [-0.2, -0.15) is 0 Å². The van der Waals surface area contributed by atoms with Crippen LogP contribution in [0.2, 0.25) is 0 Å². The van der Waals surface area contributed by atoms with E-state index in [1.54, 1.807) is 13.8 Å². The van der Waals surface area contributed by atoms with Crippen molar-refractivity contribution in [2.75, 3.05) is 0 Å². The highest BCUT2D eigenvalue weighted by Crippen LogP contribution is 1.82. The number of aliphatic carboxylic acids is 2. The number of halogens is 1. The molecule has 0 aliphatic carbocycles. The summed E-state index contributed by atoms with van der Waals surface area (Å²) in [6, 6.07) is 0. The van der Waals surface area contributed by atoms with Crippen molar-refractivity contribution in [2.24, 2.45) is 5.73 Å². The Morgan fingerprint density at radius 1 is 1.21 bits per heavy atom. The van der Waals surface area contributed by atoms with Gasteiger partial charge in [0.15, 0.2) is 0 Å². The zero-order valence-corrected chi connectivity index (χ0v) is 10.8. The first-order valence-corrected chi connectivity index (χ1v) is 5.35. The Bertz CT molecular complexity index is 134. The first kappa shape index (κ1) is 19.2. The molecule has 0 aromatic carbocycles. The van der Waals surface area contributed by atoms with Gasteiger partial charge in [-0.1, -0.05) is 36.4 Å². The van der Waals surface area contributed by atoms with Crippen molar-refractivity contribution in [1.82, 2.24) is 0 Å². The topological polar surface area (TPSA) is 101 Å². The van der Waals surface area contributed by atoms with Gasteiger partial charge in [0, 0.05) is 12.8 Å². The van der Waals surface area contributed by atoms with E-state index in [9.17, 15) is 9.59 Å². The third kappa shape index (κ3) is 99.7. The van der Waals surface area contributed by atoms with E-state index in [1.165, 1.54) is 0 Å². The number of carbonyl (C=O) groups is 2. The summed E-state index contributed by atoms with van der Waals surface area (Å²) in [5.41, 5.74) is 5.10. The minimum Gasteiger partial charge on any atom is -0.481 e. The monoisotopic (exact) mass is 319 g/mol. The largest absolute Gasteiger partial charge is 0.481 e. The highest BCUT2D eigenvalue weighted by molar-refractivity contribution is 14.1. The van der Waals surface area contributed by atoms with E-state index in [0.29, 0.717) is 4.05 Å². The molecule has 4 N–H and O–H groups in total. The van der Waals surface area contributed by atoms with Crippen LogP contribution in [-0.2, 0) is 9.59 Å².